The maximum Gasteiger partial charge on any atom is 0.435 e. The van der Waals surface area contributed by atoms with E-state index in [0.717, 1.165) is 23.6 Å². The number of benzene rings is 1. The minimum absolute atomic E-state index is 0.0237. The largest absolute Gasteiger partial charge is 0.435 e. The van der Waals surface area contributed by atoms with E-state index < -0.39 is 23.9 Å². The first-order valence-electron chi connectivity index (χ1n) is 10.4. The molecule has 35 heavy (non-hydrogen) atoms. The number of hydrogen-bond donors (Lipinski definition) is 0. The molecule has 0 bridgehead atoms. The van der Waals surface area contributed by atoms with Crippen LogP contribution in [0.5, 0.6) is 0 Å². The summed E-state index contributed by atoms with van der Waals surface area (Å²) in [5, 5.41) is 3.29. The van der Waals surface area contributed by atoms with Crippen LogP contribution in [0.1, 0.15) is 23.2 Å². The lowest BCUT2D eigenvalue weighted by Crippen LogP contribution is -2.61. The molecule has 2 saturated heterocycles. The topological polar surface area (TPSA) is 54.8 Å². The third-order valence-corrected chi connectivity index (χ3v) is 8.85. The first-order valence-corrected chi connectivity index (χ1v) is 12.7. The second-order valence-electron chi connectivity index (χ2n) is 8.71. The van der Waals surface area contributed by atoms with Crippen LogP contribution >= 0.6 is 46.6 Å². The van der Waals surface area contributed by atoms with Crippen molar-refractivity contribution in [3.63, 3.8) is 0 Å². The summed E-state index contributed by atoms with van der Waals surface area (Å²) in [7, 11) is 0. The molecule has 3 aliphatic rings. The second-order valence-corrected chi connectivity index (χ2v) is 11.0. The van der Waals surface area contributed by atoms with E-state index in [9.17, 15) is 18.0 Å². The highest BCUT2D eigenvalue weighted by atomic mass is 35.5. The Morgan fingerprint density at radius 3 is 2.31 bits per heavy atom. The van der Waals surface area contributed by atoms with Crippen molar-refractivity contribution in [2.75, 3.05) is 24.6 Å². The number of oxime groups is 1. The van der Waals surface area contributed by atoms with Gasteiger partial charge in [-0.3, -0.25) is 9.78 Å². The molecule has 1 atom stereocenters. The van der Waals surface area contributed by atoms with E-state index in [-0.39, 0.29) is 62.5 Å². The summed E-state index contributed by atoms with van der Waals surface area (Å²) in [5.41, 5.74) is -4.65. The number of carbonyl (C=O) groups excluding carboxylic acids is 1. The maximum atomic E-state index is 15.3. The summed E-state index contributed by atoms with van der Waals surface area (Å²) in [6.07, 6.45) is -4.29. The van der Waals surface area contributed by atoms with Crippen molar-refractivity contribution < 1.29 is 27.2 Å². The van der Waals surface area contributed by atoms with Crippen LogP contribution in [0, 0.1) is 5.92 Å². The highest BCUT2D eigenvalue weighted by molar-refractivity contribution is 8.00. The van der Waals surface area contributed by atoms with Crippen molar-refractivity contribution in [2.24, 2.45) is 11.1 Å². The quantitative estimate of drug-likeness (QED) is 0.336. The lowest BCUT2D eigenvalue weighted by Gasteiger charge is -2.46. The predicted octanol–water partition coefficient (Wildman–Crippen LogP) is 5.99. The molecule has 3 aliphatic heterocycles. The van der Waals surface area contributed by atoms with Gasteiger partial charge in [-0.2, -0.15) is 24.9 Å². The Kier molecular flexibility index (Phi) is 6.18. The number of rotatable bonds is 4. The van der Waals surface area contributed by atoms with Gasteiger partial charge in [-0.15, -0.1) is 0 Å². The van der Waals surface area contributed by atoms with E-state index in [1.165, 1.54) is 23.2 Å². The van der Waals surface area contributed by atoms with E-state index in [0.29, 0.717) is 0 Å². The van der Waals surface area contributed by atoms with Crippen LogP contribution in [0.25, 0.3) is 0 Å². The summed E-state index contributed by atoms with van der Waals surface area (Å²) in [4.78, 5) is 22.8. The van der Waals surface area contributed by atoms with Crippen LogP contribution in [0.4, 0.5) is 17.6 Å². The number of thioether (sulfide) groups is 1. The Bertz CT molecular complexity index is 1190. The zero-order chi connectivity index (χ0) is 25.2. The lowest BCUT2D eigenvalue weighted by atomic mass is 9.86. The first-order chi connectivity index (χ1) is 16.4. The fourth-order valence-corrected chi connectivity index (χ4v) is 5.54. The number of likely N-dealkylation sites (tertiary alicyclic amines) is 1. The zero-order valence-electron chi connectivity index (χ0n) is 17.7. The number of aromatic nitrogens is 1. The molecule has 0 radical (unpaired) electrons. The molecule has 1 aromatic carbocycles. The number of hydrogen-bond acceptors (Lipinski definition) is 5. The van der Waals surface area contributed by atoms with Crippen molar-refractivity contribution in [2.45, 2.75) is 23.9 Å². The van der Waals surface area contributed by atoms with Crippen molar-refractivity contribution in [1.82, 2.24) is 9.88 Å². The molecule has 0 N–H and O–H groups in total. The highest BCUT2D eigenvalue weighted by Crippen LogP contribution is 2.50. The van der Waals surface area contributed by atoms with Gasteiger partial charge in [0.1, 0.15) is 0 Å². The van der Waals surface area contributed by atoms with Gasteiger partial charge >= 0.3 is 6.18 Å². The van der Waals surface area contributed by atoms with Gasteiger partial charge in [0.25, 0.3) is 5.60 Å². The van der Waals surface area contributed by atoms with E-state index in [4.69, 9.17) is 39.6 Å². The lowest BCUT2D eigenvalue weighted by molar-refractivity contribution is -0.275. The van der Waals surface area contributed by atoms with Gasteiger partial charge in [-0.1, -0.05) is 40.0 Å². The maximum absolute atomic E-state index is 15.3. The normalized spacial score (nSPS) is 23.9. The van der Waals surface area contributed by atoms with Gasteiger partial charge < -0.3 is 9.74 Å². The molecule has 0 saturated carbocycles. The first kappa shape index (κ1) is 24.9. The van der Waals surface area contributed by atoms with E-state index in [1.807, 2.05) is 0 Å². The Balaban J connectivity index is 1.34. The average Bonchev–Trinajstić information content (AvgIpc) is 3.21. The molecule has 1 amide bonds. The van der Waals surface area contributed by atoms with Crippen LogP contribution in [0.2, 0.25) is 15.1 Å². The number of carbonyl (C=O) groups is 1. The Labute approximate surface area is 216 Å². The molecule has 5 rings (SSSR count). The van der Waals surface area contributed by atoms with Gasteiger partial charge in [-0.25, -0.2) is 4.39 Å². The van der Waals surface area contributed by atoms with Crippen LogP contribution in [0.15, 0.2) is 35.6 Å². The Morgan fingerprint density at radius 2 is 1.80 bits per heavy atom. The monoisotopic (exact) mass is 567 g/mol. The smallest absolute Gasteiger partial charge is 0.374 e. The highest BCUT2D eigenvalue weighted by Gasteiger charge is 2.62. The van der Waals surface area contributed by atoms with Gasteiger partial charge in [0.15, 0.2) is 5.67 Å². The SMILES string of the molecule is O=C(C1CSC1)N1CC(F)(c2ccc(C3=NOC(c4cc(Cl)c(Cl)c(Cl)c4)(C(F)(F)F)C3)cn2)C1. The van der Waals surface area contributed by atoms with Crippen molar-refractivity contribution in [3.8, 4) is 0 Å². The van der Waals surface area contributed by atoms with Crippen LogP contribution in [0.3, 0.4) is 0 Å². The number of nitrogens with zero attached hydrogens (tertiary/aromatic N) is 3. The van der Waals surface area contributed by atoms with E-state index in [1.54, 1.807) is 11.8 Å². The van der Waals surface area contributed by atoms with E-state index in [2.05, 4.69) is 10.1 Å². The Morgan fingerprint density at radius 1 is 1.14 bits per heavy atom. The molecule has 5 nitrogen and oxygen atoms in total. The second kappa shape index (κ2) is 8.68. The molecule has 186 valence electrons. The fraction of sp³-hybridized carbons (Fsp3) is 0.409. The third kappa shape index (κ3) is 4.16. The predicted molar refractivity (Wildman–Crippen MR) is 126 cm³/mol. The molecule has 1 aromatic heterocycles. The summed E-state index contributed by atoms with van der Waals surface area (Å²) in [6.45, 7) is -0.197. The molecule has 0 spiro atoms. The minimum Gasteiger partial charge on any atom is -0.374 e. The van der Waals surface area contributed by atoms with Crippen LogP contribution in [-0.2, 0) is 20.9 Å². The molecule has 2 aromatic rings. The van der Waals surface area contributed by atoms with Gasteiger partial charge in [-0.05, 0) is 24.3 Å². The molecular formula is C22H16Cl3F4N3O2S. The summed E-state index contributed by atoms with van der Waals surface area (Å²) in [5.74, 6) is 1.38. The third-order valence-electron chi connectivity index (χ3n) is 6.37. The van der Waals surface area contributed by atoms with Crippen molar-refractivity contribution in [3.05, 3.63) is 62.4 Å². The van der Waals surface area contributed by atoms with E-state index >= 15 is 4.39 Å². The number of pyridine rings is 1. The average molecular weight is 569 g/mol. The molecule has 2 fully saturated rings. The van der Waals surface area contributed by atoms with Gasteiger partial charge in [0.2, 0.25) is 5.91 Å². The molecule has 13 heteroatoms. The molecule has 0 aliphatic carbocycles. The van der Waals surface area contributed by atoms with Gasteiger partial charge in [0, 0.05) is 28.8 Å². The number of alkyl halides is 4. The number of amides is 1. The van der Waals surface area contributed by atoms with Crippen LogP contribution in [-0.4, -0.2) is 52.3 Å². The summed E-state index contributed by atoms with van der Waals surface area (Å²) >= 11 is 19.5. The fourth-order valence-electron chi connectivity index (χ4n) is 4.19. The number of halogens is 7. The summed E-state index contributed by atoms with van der Waals surface area (Å²) < 4.78 is 57.9. The Hall–Kier alpha value is -1.75. The molecule has 4 heterocycles. The van der Waals surface area contributed by atoms with Crippen molar-refractivity contribution >= 4 is 58.2 Å². The van der Waals surface area contributed by atoms with Crippen molar-refractivity contribution in [1.29, 1.82) is 0 Å². The molecule has 1 unspecified atom stereocenters. The minimum atomic E-state index is -4.87. The standard InChI is InChI=1S/C22H16Cl3F4N3O2S/c23-14-3-13(4-15(24)18(14)25)21(22(27,28)29)5-16(31-34-21)11-1-2-17(30-6-11)20(26)9-32(10-20)19(33)12-7-35-8-12/h1-4,6,12H,5,7-10H2. The zero-order valence-corrected chi connectivity index (χ0v) is 20.8. The summed E-state index contributed by atoms with van der Waals surface area (Å²) in [6, 6.07) is 4.92. The van der Waals surface area contributed by atoms with Gasteiger partial charge in [0.05, 0.1) is 51.9 Å². The van der Waals surface area contributed by atoms with Crippen LogP contribution < -0.4 is 0 Å². The molecular weight excluding hydrogens is 553 g/mol.